The van der Waals surface area contributed by atoms with Crippen LogP contribution >= 0.6 is 11.6 Å². The zero-order chi connectivity index (χ0) is 22.8. The molecule has 31 heavy (non-hydrogen) atoms. The third-order valence-corrected chi connectivity index (χ3v) is 4.84. The van der Waals surface area contributed by atoms with Crippen LogP contribution in [0, 0.1) is 0 Å². The first-order chi connectivity index (χ1) is 14.8. The molecule has 0 aliphatic carbocycles. The average Bonchev–Trinajstić information content (AvgIpc) is 2.73. The lowest BCUT2D eigenvalue weighted by molar-refractivity contribution is -0.128. The molecule has 0 heterocycles. The molecular formula is C23H29ClN4O3. The van der Waals surface area contributed by atoms with Gasteiger partial charge in [-0.2, -0.15) is 0 Å². The second kappa shape index (κ2) is 12.0. The molecule has 0 bridgehead atoms. The quantitative estimate of drug-likeness (QED) is 0.513. The maximum absolute atomic E-state index is 12.4. The van der Waals surface area contributed by atoms with Crippen LogP contribution in [0.1, 0.15) is 31.7 Å². The Kier molecular flexibility index (Phi) is 9.34. The van der Waals surface area contributed by atoms with Gasteiger partial charge < -0.3 is 20.9 Å². The Morgan fingerprint density at radius 2 is 1.71 bits per heavy atom. The number of aryl methyl sites for hydroxylation is 1. The number of carbonyl (C=O) groups excluding carboxylic acids is 3. The van der Waals surface area contributed by atoms with Crippen LogP contribution in [0.3, 0.4) is 0 Å². The van der Waals surface area contributed by atoms with Gasteiger partial charge in [-0.1, -0.05) is 30.7 Å². The number of hydrogen-bond donors (Lipinski definition) is 3. The minimum absolute atomic E-state index is 0.0445. The highest BCUT2D eigenvalue weighted by Crippen LogP contribution is 2.25. The molecule has 0 fully saturated rings. The van der Waals surface area contributed by atoms with Crippen LogP contribution in [0.5, 0.6) is 0 Å². The second-order valence-electron chi connectivity index (χ2n) is 7.38. The van der Waals surface area contributed by atoms with E-state index < -0.39 is 0 Å². The summed E-state index contributed by atoms with van der Waals surface area (Å²) >= 11 is 6.18. The Hall–Kier alpha value is -3.06. The van der Waals surface area contributed by atoms with Crippen molar-refractivity contribution >= 4 is 46.4 Å². The van der Waals surface area contributed by atoms with Crippen LogP contribution in [-0.4, -0.2) is 43.3 Å². The fourth-order valence-corrected chi connectivity index (χ4v) is 3.00. The van der Waals surface area contributed by atoms with Gasteiger partial charge in [0, 0.05) is 38.3 Å². The van der Waals surface area contributed by atoms with E-state index in [0.29, 0.717) is 35.7 Å². The van der Waals surface area contributed by atoms with Gasteiger partial charge in [0.1, 0.15) is 0 Å². The molecule has 8 heteroatoms. The fourth-order valence-electron chi connectivity index (χ4n) is 2.84. The first-order valence-electron chi connectivity index (χ1n) is 10.2. The molecule has 7 nitrogen and oxygen atoms in total. The molecule has 2 aromatic rings. The van der Waals surface area contributed by atoms with E-state index in [1.807, 2.05) is 31.2 Å². The molecule has 0 radical (unpaired) electrons. The van der Waals surface area contributed by atoms with Crippen LogP contribution in [0.2, 0.25) is 5.02 Å². The van der Waals surface area contributed by atoms with Gasteiger partial charge in [0.25, 0.3) is 0 Å². The fraction of sp³-hybridized carbons (Fsp3) is 0.348. The van der Waals surface area contributed by atoms with Crippen molar-refractivity contribution in [2.24, 2.45) is 0 Å². The summed E-state index contributed by atoms with van der Waals surface area (Å²) in [5.41, 5.74) is 2.81. The van der Waals surface area contributed by atoms with E-state index in [0.717, 1.165) is 17.7 Å². The number of nitrogens with zero attached hydrogens (tertiary/aromatic N) is 1. The van der Waals surface area contributed by atoms with E-state index in [2.05, 4.69) is 16.0 Å². The largest absolute Gasteiger partial charge is 0.376 e. The number of anilines is 3. The topological polar surface area (TPSA) is 90.5 Å². The molecule has 2 rings (SSSR count). The predicted molar refractivity (Wildman–Crippen MR) is 126 cm³/mol. The van der Waals surface area contributed by atoms with Gasteiger partial charge in [-0.25, -0.2) is 0 Å². The van der Waals surface area contributed by atoms with Gasteiger partial charge in [-0.3, -0.25) is 14.4 Å². The van der Waals surface area contributed by atoms with E-state index in [9.17, 15) is 14.4 Å². The molecular weight excluding hydrogens is 416 g/mol. The Morgan fingerprint density at radius 3 is 2.42 bits per heavy atom. The number of carbonyl (C=O) groups is 3. The maximum Gasteiger partial charge on any atom is 0.243 e. The summed E-state index contributed by atoms with van der Waals surface area (Å²) in [6.45, 7) is 1.97. The number of benzene rings is 2. The summed E-state index contributed by atoms with van der Waals surface area (Å²) in [4.78, 5) is 37.5. The van der Waals surface area contributed by atoms with Crippen molar-refractivity contribution in [3.63, 3.8) is 0 Å². The first-order valence-corrected chi connectivity index (χ1v) is 10.6. The van der Waals surface area contributed by atoms with Gasteiger partial charge in [0.2, 0.25) is 17.7 Å². The lowest BCUT2D eigenvalue weighted by Crippen LogP contribution is -2.22. The van der Waals surface area contributed by atoms with Crippen LogP contribution in [0.25, 0.3) is 0 Å². The van der Waals surface area contributed by atoms with Gasteiger partial charge in [0.05, 0.1) is 17.3 Å². The molecule has 0 saturated heterocycles. The summed E-state index contributed by atoms with van der Waals surface area (Å²) < 4.78 is 0. The van der Waals surface area contributed by atoms with E-state index in [1.165, 1.54) is 0 Å². The zero-order valence-electron chi connectivity index (χ0n) is 18.1. The molecule has 0 aromatic heterocycles. The molecule has 0 saturated carbocycles. The third-order valence-electron chi connectivity index (χ3n) is 4.51. The Morgan fingerprint density at radius 1 is 0.935 bits per heavy atom. The van der Waals surface area contributed by atoms with E-state index >= 15 is 0 Å². The molecule has 0 unspecified atom stereocenters. The molecule has 3 amide bonds. The Balaban J connectivity index is 1.91. The SMILES string of the molecule is CCCC(=O)Nc1ccc(Cl)c(NC(=O)CNc2cccc(CCC(=O)N(C)C)c2)c1. The van der Waals surface area contributed by atoms with Crippen molar-refractivity contribution in [1.29, 1.82) is 0 Å². The number of nitrogens with one attached hydrogen (secondary N) is 3. The maximum atomic E-state index is 12.4. The summed E-state index contributed by atoms with van der Waals surface area (Å²) in [7, 11) is 3.47. The lowest BCUT2D eigenvalue weighted by atomic mass is 10.1. The van der Waals surface area contributed by atoms with E-state index in [1.54, 1.807) is 37.2 Å². The molecule has 3 N–H and O–H groups in total. The molecule has 166 valence electrons. The normalized spacial score (nSPS) is 10.3. The van der Waals surface area contributed by atoms with Gasteiger partial charge >= 0.3 is 0 Å². The lowest BCUT2D eigenvalue weighted by Gasteiger charge is -2.12. The third kappa shape index (κ3) is 8.30. The average molecular weight is 445 g/mol. The molecule has 0 atom stereocenters. The summed E-state index contributed by atoms with van der Waals surface area (Å²) in [6.07, 6.45) is 2.24. The van der Waals surface area contributed by atoms with Crippen LogP contribution in [-0.2, 0) is 20.8 Å². The van der Waals surface area contributed by atoms with E-state index in [4.69, 9.17) is 11.6 Å². The number of amides is 3. The van der Waals surface area contributed by atoms with Crippen LogP contribution in [0.4, 0.5) is 17.1 Å². The highest BCUT2D eigenvalue weighted by Gasteiger charge is 2.09. The minimum atomic E-state index is -0.271. The van der Waals surface area contributed by atoms with Crippen molar-refractivity contribution in [3.8, 4) is 0 Å². The summed E-state index contributed by atoms with van der Waals surface area (Å²) in [6, 6.07) is 12.6. The van der Waals surface area contributed by atoms with Crippen LogP contribution < -0.4 is 16.0 Å². The minimum Gasteiger partial charge on any atom is -0.376 e. The predicted octanol–water partition coefficient (Wildman–Crippen LogP) is 4.15. The Bertz CT molecular complexity index is 931. The highest BCUT2D eigenvalue weighted by molar-refractivity contribution is 6.33. The summed E-state index contributed by atoms with van der Waals surface area (Å²) in [5.74, 6) is -0.286. The standard InChI is InChI=1S/C23H29ClN4O3/c1-4-6-21(29)26-18-10-11-19(24)20(14-18)27-22(30)15-25-17-8-5-7-16(13-17)9-12-23(31)28(2)3/h5,7-8,10-11,13-14,25H,4,6,9,12,15H2,1-3H3,(H,26,29)(H,27,30). The highest BCUT2D eigenvalue weighted by atomic mass is 35.5. The van der Waals surface area contributed by atoms with Crippen LogP contribution in [0.15, 0.2) is 42.5 Å². The summed E-state index contributed by atoms with van der Waals surface area (Å²) in [5, 5.41) is 9.00. The molecule has 2 aromatic carbocycles. The zero-order valence-corrected chi connectivity index (χ0v) is 18.9. The Labute approximate surface area is 188 Å². The first kappa shape index (κ1) is 24.2. The second-order valence-corrected chi connectivity index (χ2v) is 7.79. The number of hydrogen-bond acceptors (Lipinski definition) is 4. The van der Waals surface area contributed by atoms with Crippen molar-refractivity contribution in [2.75, 3.05) is 36.6 Å². The monoisotopic (exact) mass is 444 g/mol. The number of halogens is 1. The molecule has 0 aliphatic rings. The van der Waals surface area contributed by atoms with Crippen molar-refractivity contribution in [1.82, 2.24) is 4.90 Å². The molecule has 0 spiro atoms. The van der Waals surface area contributed by atoms with Crippen molar-refractivity contribution in [3.05, 3.63) is 53.1 Å². The molecule has 0 aliphatic heterocycles. The van der Waals surface area contributed by atoms with E-state index in [-0.39, 0.29) is 24.3 Å². The van der Waals surface area contributed by atoms with Gasteiger partial charge in [-0.15, -0.1) is 0 Å². The van der Waals surface area contributed by atoms with Gasteiger partial charge in [-0.05, 0) is 48.7 Å². The van der Waals surface area contributed by atoms with Crippen molar-refractivity contribution in [2.45, 2.75) is 32.6 Å². The smallest absolute Gasteiger partial charge is 0.243 e. The van der Waals surface area contributed by atoms with Gasteiger partial charge in [0.15, 0.2) is 0 Å². The number of rotatable bonds is 10. The van der Waals surface area contributed by atoms with Crippen molar-refractivity contribution < 1.29 is 14.4 Å².